The molecule has 0 unspecified atom stereocenters. The number of amides is 1. The van der Waals surface area contributed by atoms with Crippen LogP contribution in [0.5, 0.6) is 0 Å². The lowest BCUT2D eigenvalue weighted by atomic mass is 10.2. The summed E-state index contributed by atoms with van der Waals surface area (Å²) in [4.78, 5) is 15.3. The molecule has 92 valence electrons. The molecule has 0 atom stereocenters. The van der Waals surface area contributed by atoms with Crippen LogP contribution in [0.25, 0.3) is 0 Å². The van der Waals surface area contributed by atoms with E-state index in [1.165, 1.54) is 18.2 Å². The second kappa shape index (κ2) is 4.79. The first-order valence-electron chi connectivity index (χ1n) is 5.04. The Kier molecular flexibility index (Phi) is 3.18. The molecule has 1 aromatic heterocycles. The maximum Gasteiger partial charge on any atom is 0.274 e. The van der Waals surface area contributed by atoms with Crippen molar-refractivity contribution in [2.24, 2.45) is 0 Å². The van der Waals surface area contributed by atoms with Crippen LogP contribution in [-0.4, -0.2) is 10.9 Å². The molecule has 0 aliphatic heterocycles. The molecule has 0 bridgehead atoms. The summed E-state index contributed by atoms with van der Waals surface area (Å²) in [6.45, 7) is 0. The molecule has 0 aliphatic rings. The van der Waals surface area contributed by atoms with Crippen molar-refractivity contribution in [1.82, 2.24) is 4.98 Å². The van der Waals surface area contributed by atoms with Crippen molar-refractivity contribution in [1.29, 1.82) is 0 Å². The van der Waals surface area contributed by atoms with Crippen LogP contribution in [0.1, 0.15) is 10.5 Å². The zero-order chi connectivity index (χ0) is 13.1. The summed E-state index contributed by atoms with van der Waals surface area (Å²) >= 11 is 0. The first-order chi connectivity index (χ1) is 8.56. The minimum absolute atomic E-state index is 0.00683. The van der Waals surface area contributed by atoms with Gasteiger partial charge in [-0.3, -0.25) is 4.79 Å². The number of nitrogens with zero attached hydrogens (tertiary/aromatic N) is 1. The fourth-order valence-corrected chi connectivity index (χ4v) is 1.33. The van der Waals surface area contributed by atoms with E-state index in [1.807, 2.05) is 0 Å². The number of halogens is 2. The molecule has 0 aliphatic carbocycles. The van der Waals surface area contributed by atoms with Crippen LogP contribution in [0.15, 0.2) is 36.5 Å². The van der Waals surface area contributed by atoms with E-state index in [-0.39, 0.29) is 17.1 Å². The minimum atomic E-state index is -0.648. The number of aromatic nitrogens is 1. The van der Waals surface area contributed by atoms with Gasteiger partial charge in [-0.15, -0.1) is 0 Å². The molecule has 1 amide bonds. The van der Waals surface area contributed by atoms with E-state index in [2.05, 4.69) is 10.3 Å². The molecule has 0 spiro atoms. The van der Waals surface area contributed by atoms with Crippen molar-refractivity contribution in [3.8, 4) is 0 Å². The average molecular weight is 249 g/mol. The third-order valence-electron chi connectivity index (χ3n) is 2.20. The molecule has 0 radical (unpaired) electrons. The monoisotopic (exact) mass is 249 g/mol. The molecule has 4 nitrogen and oxygen atoms in total. The van der Waals surface area contributed by atoms with Gasteiger partial charge in [0.05, 0.1) is 11.9 Å². The van der Waals surface area contributed by atoms with Crippen molar-refractivity contribution in [2.75, 3.05) is 11.1 Å². The molecular weight excluding hydrogens is 240 g/mol. The van der Waals surface area contributed by atoms with Crippen LogP contribution < -0.4 is 11.1 Å². The van der Waals surface area contributed by atoms with Crippen LogP contribution in [0.4, 0.5) is 20.2 Å². The number of rotatable bonds is 2. The van der Waals surface area contributed by atoms with Crippen LogP contribution in [-0.2, 0) is 0 Å². The summed E-state index contributed by atoms with van der Waals surface area (Å²) in [6.07, 6.45) is 0.911. The molecule has 1 heterocycles. The third-order valence-corrected chi connectivity index (χ3v) is 2.20. The molecule has 0 saturated heterocycles. The van der Waals surface area contributed by atoms with Crippen molar-refractivity contribution >= 4 is 17.3 Å². The Morgan fingerprint density at radius 1 is 1.22 bits per heavy atom. The summed E-state index contributed by atoms with van der Waals surface area (Å²) in [5.41, 5.74) is 5.61. The molecule has 2 aromatic rings. The average Bonchev–Trinajstić information content (AvgIpc) is 2.33. The standard InChI is InChI=1S/C12H9F2N3O/c13-7-1-3-11(16-6-7)12(18)17-10-4-2-8(15)5-9(10)14/h1-6H,15H2,(H,17,18). The third kappa shape index (κ3) is 2.60. The van der Waals surface area contributed by atoms with Crippen LogP contribution in [0.2, 0.25) is 0 Å². The van der Waals surface area contributed by atoms with E-state index in [4.69, 9.17) is 5.73 Å². The van der Waals surface area contributed by atoms with Gasteiger partial charge in [0.15, 0.2) is 0 Å². The molecule has 0 fully saturated rings. The van der Waals surface area contributed by atoms with Crippen molar-refractivity contribution < 1.29 is 13.6 Å². The van der Waals surface area contributed by atoms with E-state index in [1.54, 1.807) is 0 Å². The number of hydrogen-bond acceptors (Lipinski definition) is 3. The Labute approximate surface area is 101 Å². The van der Waals surface area contributed by atoms with Crippen molar-refractivity contribution in [3.05, 3.63) is 53.9 Å². The largest absolute Gasteiger partial charge is 0.399 e. The van der Waals surface area contributed by atoms with Gasteiger partial charge >= 0.3 is 0 Å². The zero-order valence-electron chi connectivity index (χ0n) is 9.15. The molecule has 2 rings (SSSR count). The lowest BCUT2D eigenvalue weighted by Gasteiger charge is -2.06. The highest BCUT2D eigenvalue weighted by atomic mass is 19.1. The number of nitrogen functional groups attached to an aromatic ring is 1. The number of nitrogens with two attached hydrogens (primary N) is 1. The number of benzene rings is 1. The van der Waals surface area contributed by atoms with Crippen LogP contribution in [0.3, 0.4) is 0 Å². The highest BCUT2D eigenvalue weighted by molar-refractivity contribution is 6.02. The fourth-order valence-electron chi connectivity index (χ4n) is 1.33. The Hall–Kier alpha value is -2.50. The predicted molar refractivity (Wildman–Crippen MR) is 63.0 cm³/mol. The number of carbonyl (C=O) groups excluding carboxylic acids is 1. The van der Waals surface area contributed by atoms with Crippen LogP contribution >= 0.6 is 0 Å². The lowest BCUT2D eigenvalue weighted by Crippen LogP contribution is -2.14. The number of pyridine rings is 1. The minimum Gasteiger partial charge on any atom is -0.399 e. The van der Waals surface area contributed by atoms with Gasteiger partial charge in [0.25, 0.3) is 5.91 Å². The predicted octanol–water partition coefficient (Wildman–Crippen LogP) is 2.19. The second-order valence-corrected chi connectivity index (χ2v) is 3.56. The fraction of sp³-hybridized carbons (Fsp3) is 0. The summed E-state index contributed by atoms with van der Waals surface area (Å²) in [7, 11) is 0. The second-order valence-electron chi connectivity index (χ2n) is 3.56. The number of anilines is 2. The van der Waals surface area contributed by atoms with Gasteiger partial charge in [0.2, 0.25) is 0 Å². The Morgan fingerprint density at radius 3 is 2.61 bits per heavy atom. The number of nitrogens with one attached hydrogen (secondary N) is 1. The maximum atomic E-state index is 13.4. The summed E-state index contributed by atoms with van der Waals surface area (Å²) in [5, 5.41) is 2.32. The number of hydrogen-bond donors (Lipinski definition) is 2. The zero-order valence-corrected chi connectivity index (χ0v) is 9.15. The van der Waals surface area contributed by atoms with E-state index in [0.29, 0.717) is 0 Å². The Balaban J connectivity index is 2.18. The molecule has 0 saturated carbocycles. The Morgan fingerprint density at radius 2 is 2.00 bits per heavy atom. The first kappa shape index (κ1) is 12.0. The van der Waals surface area contributed by atoms with E-state index >= 15 is 0 Å². The summed E-state index contributed by atoms with van der Waals surface area (Å²) in [5.74, 6) is -1.82. The maximum absolute atomic E-state index is 13.4. The van der Waals surface area contributed by atoms with E-state index < -0.39 is 17.5 Å². The SMILES string of the molecule is Nc1ccc(NC(=O)c2ccc(F)cn2)c(F)c1. The summed E-state index contributed by atoms with van der Waals surface area (Å²) < 4.78 is 26.0. The van der Waals surface area contributed by atoms with Gasteiger partial charge in [-0.05, 0) is 30.3 Å². The Bertz CT molecular complexity index is 584. The highest BCUT2D eigenvalue weighted by Gasteiger charge is 2.10. The molecule has 3 N–H and O–H groups in total. The molecule has 18 heavy (non-hydrogen) atoms. The molecule has 6 heteroatoms. The highest BCUT2D eigenvalue weighted by Crippen LogP contribution is 2.17. The van der Waals surface area contributed by atoms with Gasteiger partial charge in [-0.2, -0.15) is 0 Å². The smallest absolute Gasteiger partial charge is 0.274 e. The van der Waals surface area contributed by atoms with E-state index in [0.717, 1.165) is 18.3 Å². The van der Waals surface area contributed by atoms with Gasteiger partial charge in [-0.25, -0.2) is 13.8 Å². The molecular formula is C12H9F2N3O. The topological polar surface area (TPSA) is 68.0 Å². The van der Waals surface area contributed by atoms with Gasteiger partial charge in [0, 0.05) is 5.69 Å². The first-order valence-corrected chi connectivity index (χ1v) is 5.04. The van der Waals surface area contributed by atoms with Gasteiger partial charge in [0.1, 0.15) is 17.3 Å². The lowest BCUT2D eigenvalue weighted by molar-refractivity contribution is 0.102. The van der Waals surface area contributed by atoms with E-state index in [9.17, 15) is 13.6 Å². The quantitative estimate of drug-likeness (QED) is 0.801. The van der Waals surface area contributed by atoms with Crippen molar-refractivity contribution in [2.45, 2.75) is 0 Å². The summed E-state index contributed by atoms with van der Waals surface area (Å²) in [6, 6.07) is 6.19. The normalized spacial score (nSPS) is 10.1. The number of carbonyl (C=O) groups is 1. The van der Waals surface area contributed by atoms with Gasteiger partial charge in [-0.1, -0.05) is 0 Å². The molecule has 1 aromatic carbocycles. The van der Waals surface area contributed by atoms with Gasteiger partial charge < -0.3 is 11.1 Å². The van der Waals surface area contributed by atoms with Crippen LogP contribution in [0, 0.1) is 11.6 Å². The van der Waals surface area contributed by atoms with Crippen molar-refractivity contribution in [3.63, 3.8) is 0 Å².